The molecule has 13 nitrogen and oxygen atoms in total. The first-order valence-corrected chi connectivity index (χ1v) is 13.7. The number of amides is 2. The van der Waals surface area contributed by atoms with E-state index >= 15 is 0 Å². The van der Waals surface area contributed by atoms with E-state index < -0.39 is 11.9 Å². The van der Waals surface area contributed by atoms with Crippen molar-refractivity contribution in [2.24, 2.45) is 5.92 Å². The Balaban J connectivity index is 1.38. The zero-order valence-corrected chi connectivity index (χ0v) is 23.8. The lowest BCUT2D eigenvalue weighted by Crippen LogP contribution is -2.25. The lowest BCUT2D eigenvalue weighted by molar-refractivity contribution is -0.130. The molecule has 2 N–H and O–H groups in total. The molecule has 1 aliphatic heterocycles. The van der Waals surface area contributed by atoms with E-state index in [0.29, 0.717) is 47.6 Å². The standard InChI is InChI=1S/C28H27N5O8S/c1-15-31-32-25(40-15)16-4-6-19(7-5-16)41-21-11-18(10-20(12-21)39-13-17-8-9-33(2)26(17)35)24(34)30-28-29-22(14-38-3)23(42-28)27(36)37/h4-7,10-12,17H,8-9,13-14H2,1-3H3,(H,36,37)(H,29,30,34). The number of carboxylic acids is 1. The molecule has 14 heteroatoms. The van der Waals surface area contributed by atoms with Crippen LogP contribution in [0, 0.1) is 12.8 Å². The highest BCUT2D eigenvalue weighted by Crippen LogP contribution is 2.31. The average Bonchev–Trinajstić information content (AvgIpc) is 3.67. The average molecular weight is 594 g/mol. The van der Waals surface area contributed by atoms with Crippen LogP contribution < -0.4 is 14.8 Å². The third-order valence-electron chi connectivity index (χ3n) is 6.39. The summed E-state index contributed by atoms with van der Waals surface area (Å²) in [6.07, 6.45) is 0.671. The molecule has 2 amide bonds. The van der Waals surface area contributed by atoms with Crippen molar-refractivity contribution in [1.29, 1.82) is 0 Å². The van der Waals surface area contributed by atoms with Crippen molar-refractivity contribution in [3.05, 3.63) is 64.5 Å². The highest BCUT2D eigenvalue weighted by Gasteiger charge is 2.29. The summed E-state index contributed by atoms with van der Waals surface area (Å²) >= 11 is 0.826. The first-order chi connectivity index (χ1) is 20.2. The summed E-state index contributed by atoms with van der Waals surface area (Å²) in [6, 6.07) is 11.6. The van der Waals surface area contributed by atoms with Gasteiger partial charge in [0.2, 0.25) is 17.7 Å². The molecule has 4 aromatic rings. The molecular formula is C28H27N5O8S. The van der Waals surface area contributed by atoms with Crippen LogP contribution in [0.15, 0.2) is 46.9 Å². The smallest absolute Gasteiger partial charge is 0.347 e. The molecule has 1 saturated heterocycles. The van der Waals surface area contributed by atoms with Gasteiger partial charge in [-0.1, -0.05) is 11.3 Å². The maximum absolute atomic E-state index is 13.3. The number of anilines is 1. The number of methoxy groups -OCH3 is 1. The van der Waals surface area contributed by atoms with E-state index in [0.717, 1.165) is 11.3 Å². The normalized spacial score (nSPS) is 14.7. The highest BCUT2D eigenvalue weighted by atomic mass is 32.1. The highest BCUT2D eigenvalue weighted by molar-refractivity contribution is 7.17. The molecule has 42 heavy (non-hydrogen) atoms. The number of aryl methyl sites for hydroxylation is 1. The van der Waals surface area contributed by atoms with Crippen LogP contribution in [0.1, 0.15) is 38.0 Å². The molecule has 1 fully saturated rings. The van der Waals surface area contributed by atoms with Crippen molar-refractivity contribution in [1.82, 2.24) is 20.1 Å². The fraction of sp³-hybridized carbons (Fsp3) is 0.286. The predicted molar refractivity (Wildman–Crippen MR) is 150 cm³/mol. The third-order valence-corrected chi connectivity index (χ3v) is 7.39. The summed E-state index contributed by atoms with van der Waals surface area (Å²) in [5.74, 6) is -0.0853. The van der Waals surface area contributed by atoms with E-state index in [4.69, 9.17) is 18.6 Å². The van der Waals surface area contributed by atoms with Crippen molar-refractivity contribution in [2.45, 2.75) is 20.0 Å². The Bertz CT molecular complexity index is 1620. The Labute approximate surface area is 244 Å². The van der Waals surface area contributed by atoms with Crippen LogP contribution in [0.25, 0.3) is 11.5 Å². The Morgan fingerprint density at radius 3 is 2.55 bits per heavy atom. The molecule has 1 atom stereocenters. The second kappa shape index (κ2) is 12.4. The summed E-state index contributed by atoms with van der Waals surface area (Å²) in [7, 11) is 3.17. The molecule has 218 valence electrons. The number of aromatic carboxylic acids is 1. The number of carboxylic acid groups (broad SMARTS) is 1. The van der Waals surface area contributed by atoms with Gasteiger partial charge in [-0.2, -0.15) is 0 Å². The van der Waals surface area contributed by atoms with E-state index in [2.05, 4.69) is 20.5 Å². The number of rotatable bonds is 11. The topological polar surface area (TPSA) is 166 Å². The zero-order valence-electron chi connectivity index (χ0n) is 22.9. The minimum absolute atomic E-state index is 0.00164. The van der Waals surface area contributed by atoms with Crippen LogP contribution in [0.2, 0.25) is 0 Å². The van der Waals surface area contributed by atoms with Crippen molar-refractivity contribution in [3.63, 3.8) is 0 Å². The number of hydrogen-bond donors (Lipinski definition) is 2. The maximum Gasteiger partial charge on any atom is 0.347 e. The van der Waals surface area contributed by atoms with Crippen LogP contribution in [-0.2, 0) is 16.1 Å². The first-order valence-electron chi connectivity index (χ1n) is 12.8. The molecule has 0 aliphatic carbocycles. The number of thiazole rings is 1. The molecule has 1 aliphatic rings. The molecular weight excluding hydrogens is 566 g/mol. The van der Waals surface area contributed by atoms with Crippen molar-refractivity contribution in [2.75, 3.05) is 32.6 Å². The number of ether oxygens (including phenoxy) is 3. The molecule has 3 heterocycles. The van der Waals surface area contributed by atoms with Gasteiger partial charge in [0.05, 0.1) is 24.8 Å². The van der Waals surface area contributed by atoms with Gasteiger partial charge in [0.15, 0.2) is 5.13 Å². The quantitative estimate of drug-likeness (QED) is 0.255. The largest absolute Gasteiger partial charge is 0.493 e. The van der Waals surface area contributed by atoms with Gasteiger partial charge in [0, 0.05) is 44.8 Å². The van der Waals surface area contributed by atoms with Gasteiger partial charge in [-0.3, -0.25) is 14.9 Å². The second-order valence-corrected chi connectivity index (χ2v) is 10.5. The third kappa shape index (κ3) is 6.56. The summed E-state index contributed by atoms with van der Waals surface area (Å²) in [6.45, 7) is 2.48. The Hall–Kier alpha value is -4.82. The maximum atomic E-state index is 13.3. The molecule has 0 radical (unpaired) electrons. The molecule has 0 spiro atoms. The Kier molecular flexibility index (Phi) is 8.45. The van der Waals surface area contributed by atoms with Gasteiger partial charge in [0.1, 0.15) is 22.1 Å². The van der Waals surface area contributed by atoms with Crippen molar-refractivity contribution < 1.29 is 38.1 Å². The van der Waals surface area contributed by atoms with Gasteiger partial charge in [-0.05, 0) is 42.8 Å². The number of carbonyl (C=O) groups excluding carboxylic acids is 2. The molecule has 1 unspecified atom stereocenters. The van der Waals surface area contributed by atoms with Crippen LogP contribution in [0.5, 0.6) is 17.2 Å². The molecule has 5 rings (SSSR count). The second-order valence-electron chi connectivity index (χ2n) is 9.49. The lowest BCUT2D eigenvalue weighted by Gasteiger charge is -2.14. The number of aromatic nitrogens is 3. The Morgan fingerprint density at radius 1 is 1.14 bits per heavy atom. The summed E-state index contributed by atoms with van der Waals surface area (Å²) < 4.78 is 22.5. The van der Waals surface area contributed by atoms with Crippen LogP contribution in [0.3, 0.4) is 0 Å². The molecule has 0 saturated carbocycles. The molecule has 2 aromatic heterocycles. The van der Waals surface area contributed by atoms with E-state index in [1.807, 2.05) is 0 Å². The SMILES string of the molecule is COCc1nc(NC(=O)c2cc(OCC3CCN(C)C3=O)cc(Oc3ccc(-c4nnc(C)o4)cc3)c2)sc1C(=O)O. The van der Waals surface area contributed by atoms with Crippen LogP contribution in [0.4, 0.5) is 5.13 Å². The van der Waals surface area contributed by atoms with Gasteiger partial charge in [-0.15, -0.1) is 10.2 Å². The van der Waals surface area contributed by atoms with E-state index in [9.17, 15) is 19.5 Å². The fourth-order valence-electron chi connectivity index (χ4n) is 4.28. The monoisotopic (exact) mass is 593 g/mol. The van der Waals surface area contributed by atoms with Crippen LogP contribution in [-0.4, -0.2) is 70.3 Å². The molecule has 2 aromatic carbocycles. The number of carbonyl (C=O) groups is 3. The van der Waals surface area contributed by atoms with Crippen LogP contribution >= 0.6 is 11.3 Å². The number of hydrogen-bond acceptors (Lipinski definition) is 11. The van der Waals surface area contributed by atoms with Gasteiger partial charge >= 0.3 is 5.97 Å². The predicted octanol–water partition coefficient (Wildman–Crippen LogP) is 4.25. The number of nitrogens with one attached hydrogen (secondary N) is 1. The van der Waals surface area contributed by atoms with Crippen molar-refractivity contribution >= 4 is 34.3 Å². The lowest BCUT2D eigenvalue weighted by atomic mass is 10.1. The van der Waals surface area contributed by atoms with E-state index in [-0.39, 0.29) is 46.3 Å². The number of nitrogens with zero attached hydrogens (tertiary/aromatic N) is 4. The number of likely N-dealkylation sites (tertiary alicyclic amines) is 1. The van der Waals surface area contributed by atoms with E-state index in [1.54, 1.807) is 49.2 Å². The fourth-order valence-corrected chi connectivity index (χ4v) is 5.08. The van der Waals surface area contributed by atoms with Crippen molar-refractivity contribution in [3.8, 4) is 28.7 Å². The number of benzene rings is 2. The first kappa shape index (κ1) is 28.7. The minimum atomic E-state index is -1.17. The minimum Gasteiger partial charge on any atom is -0.493 e. The zero-order chi connectivity index (χ0) is 29.8. The summed E-state index contributed by atoms with van der Waals surface area (Å²) in [5.41, 5.74) is 1.09. The summed E-state index contributed by atoms with van der Waals surface area (Å²) in [5, 5.41) is 20.1. The van der Waals surface area contributed by atoms with Gasteiger partial charge in [-0.25, -0.2) is 9.78 Å². The van der Waals surface area contributed by atoms with E-state index in [1.165, 1.54) is 19.2 Å². The summed E-state index contributed by atoms with van der Waals surface area (Å²) in [4.78, 5) is 43.0. The van der Waals surface area contributed by atoms with Gasteiger partial charge in [0.25, 0.3) is 5.91 Å². The molecule has 0 bridgehead atoms. The van der Waals surface area contributed by atoms with Gasteiger partial charge < -0.3 is 28.6 Å². The Morgan fingerprint density at radius 2 is 1.90 bits per heavy atom.